The second-order valence-electron chi connectivity index (χ2n) is 7.87. The highest BCUT2D eigenvalue weighted by atomic mass is 16.6. The maximum Gasteiger partial charge on any atom is 0.409 e. The van der Waals surface area contributed by atoms with Gasteiger partial charge in [0, 0.05) is 31.5 Å². The lowest BCUT2D eigenvalue weighted by Gasteiger charge is -2.32. The van der Waals surface area contributed by atoms with Crippen LogP contribution in [0.5, 0.6) is 11.6 Å². The molecule has 0 bridgehead atoms. The normalized spacial score (nSPS) is 14.7. The van der Waals surface area contributed by atoms with E-state index in [-0.39, 0.29) is 12.1 Å². The molecule has 3 aromatic rings. The topological polar surface area (TPSA) is 82.4 Å². The van der Waals surface area contributed by atoms with E-state index in [2.05, 4.69) is 26.4 Å². The molecule has 0 radical (unpaired) electrons. The number of aromatic nitrogens is 4. The number of ether oxygens (including phenoxy) is 2. The van der Waals surface area contributed by atoms with E-state index in [9.17, 15) is 4.79 Å². The van der Waals surface area contributed by atoms with Crippen LogP contribution in [0, 0.1) is 6.92 Å². The van der Waals surface area contributed by atoms with Gasteiger partial charge in [0.25, 0.3) is 0 Å². The molecule has 0 N–H and O–H groups in total. The average molecular weight is 424 g/mol. The summed E-state index contributed by atoms with van der Waals surface area (Å²) in [6, 6.07) is 5.98. The number of piperidine rings is 1. The Hall–Kier alpha value is -3.16. The third-order valence-electron chi connectivity index (χ3n) is 5.73. The Balaban J connectivity index is 1.42. The molecule has 1 saturated heterocycles. The summed E-state index contributed by atoms with van der Waals surface area (Å²) in [6.45, 7) is 5.91. The van der Waals surface area contributed by atoms with E-state index in [1.54, 1.807) is 6.20 Å². The molecule has 1 aliphatic rings. The molecule has 31 heavy (non-hydrogen) atoms. The van der Waals surface area contributed by atoms with Gasteiger partial charge >= 0.3 is 6.09 Å². The Morgan fingerprint density at radius 1 is 1.16 bits per heavy atom. The molecule has 0 atom stereocenters. The van der Waals surface area contributed by atoms with Crippen LogP contribution in [-0.4, -0.2) is 50.2 Å². The third-order valence-corrected chi connectivity index (χ3v) is 5.73. The van der Waals surface area contributed by atoms with Crippen molar-refractivity contribution in [2.24, 2.45) is 0 Å². The van der Waals surface area contributed by atoms with E-state index in [0.717, 1.165) is 48.8 Å². The van der Waals surface area contributed by atoms with Gasteiger partial charge in [-0.2, -0.15) is 0 Å². The molecule has 1 amide bonds. The van der Waals surface area contributed by atoms with Crippen molar-refractivity contribution in [2.75, 3.05) is 19.7 Å². The standard InChI is InChI=1S/C23H29N5O3/c1-3-4-5-15-30-23(29)27-12-8-18(9-13-27)28-14-10-19-21(28)25-16-26-22(19)31-20-7-6-11-24-17(20)2/h6-7,10-11,14,16,18H,3-5,8-9,12-13,15H2,1-2H3. The van der Waals surface area contributed by atoms with Gasteiger partial charge in [-0.25, -0.2) is 14.8 Å². The summed E-state index contributed by atoms with van der Waals surface area (Å²) in [4.78, 5) is 27.2. The van der Waals surface area contributed by atoms with Crippen molar-refractivity contribution in [2.45, 2.75) is 52.0 Å². The lowest BCUT2D eigenvalue weighted by molar-refractivity contribution is 0.0875. The zero-order valence-electron chi connectivity index (χ0n) is 18.2. The lowest BCUT2D eigenvalue weighted by Crippen LogP contribution is -2.39. The van der Waals surface area contributed by atoms with Gasteiger partial charge in [-0.05, 0) is 44.4 Å². The Bertz CT molecular complexity index is 1030. The highest BCUT2D eigenvalue weighted by Gasteiger charge is 2.26. The third kappa shape index (κ3) is 4.78. The van der Waals surface area contributed by atoms with Crippen LogP contribution in [0.4, 0.5) is 4.79 Å². The molecule has 0 spiro atoms. The lowest BCUT2D eigenvalue weighted by atomic mass is 10.1. The molecule has 4 rings (SSSR count). The summed E-state index contributed by atoms with van der Waals surface area (Å²) < 4.78 is 13.6. The summed E-state index contributed by atoms with van der Waals surface area (Å²) in [5.74, 6) is 1.20. The zero-order valence-corrected chi connectivity index (χ0v) is 18.2. The minimum atomic E-state index is -0.197. The van der Waals surface area contributed by atoms with E-state index in [0.29, 0.717) is 31.3 Å². The second kappa shape index (κ2) is 9.76. The minimum absolute atomic E-state index is 0.197. The number of carbonyl (C=O) groups excluding carboxylic acids is 1. The minimum Gasteiger partial charge on any atom is -0.449 e. The summed E-state index contributed by atoms with van der Waals surface area (Å²) in [5, 5.41) is 0.864. The SMILES string of the molecule is CCCCCOC(=O)N1CCC(n2ccc3c(Oc4cccnc4C)ncnc32)CC1. The highest BCUT2D eigenvalue weighted by Crippen LogP contribution is 2.32. The van der Waals surface area contributed by atoms with Crippen LogP contribution in [0.15, 0.2) is 36.9 Å². The number of unbranched alkanes of at least 4 members (excludes halogenated alkanes) is 2. The summed E-state index contributed by atoms with van der Waals surface area (Å²) in [7, 11) is 0. The van der Waals surface area contributed by atoms with E-state index in [1.807, 2.05) is 36.2 Å². The van der Waals surface area contributed by atoms with Gasteiger partial charge in [-0.1, -0.05) is 19.8 Å². The number of hydrogen-bond acceptors (Lipinski definition) is 6. The maximum absolute atomic E-state index is 12.3. The number of nitrogens with zero attached hydrogens (tertiary/aromatic N) is 5. The van der Waals surface area contributed by atoms with Gasteiger partial charge in [0.2, 0.25) is 5.88 Å². The molecule has 1 fully saturated rings. The Labute approximate surface area is 182 Å². The first-order chi connectivity index (χ1) is 15.2. The number of aryl methyl sites for hydroxylation is 1. The Kier molecular flexibility index (Phi) is 6.64. The maximum atomic E-state index is 12.3. The van der Waals surface area contributed by atoms with Gasteiger partial charge in [0.05, 0.1) is 17.7 Å². The quantitative estimate of drug-likeness (QED) is 0.503. The molecule has 8 nitrogen and oxygen atoms in total. The largest absolute Gasteiger partial charge is 0.449 e. The molecular weight excluding hydrogens is 394 g/mol. The number of carbonyl (C=O) groups is 1. The van der Waals surface area contributed by atoms with Crippen molar-refractivity contribution in [1.29, 1.82) is 0 Å². The summed E-state index contributed by atoms with van der Waals surface area (Å²) in [5.41, 5.74) is 1.65. The van der Waals surface area contributed by atoms with Crippen molar-refractivity contribution >= 4 is 17.1 Å². The first-order valence-corrected chi connectivity index (χ1v) is 11.0. The van der Waals surface area contributed by atoms with Crippen LogP contribution in [0.25, 0.3) is 11.0 Å². The van der Waals surface area contributed by atoms with Crippen LogP contribution in [0.2, 0.25) is 0 Å². The van der Waals surface area contributed by atoms with E-state index in [1.165, 1.54) is 6.33 Å². The fraction of sp³-hybridized carbons (Fsp3) is 0.478. The monoisotopic (exact) mass is 423 g/mol. The number of rotatable bonds is 7. The van der Waals surface area contributed by atoms with Crippen molar-refractivity contribution in [3.05, 3.63) is 42.6 Å². The predicted molar refractivity (Wildman–Crippen MR) is 117 cm³/mol. The van der Waals surface area contributed by atoms with Crippen LogP contribution >= 0.6 is 0 Å². The van der Waals surface area contributed by atoms with Gasteiger partial charge in [0.1, 0.15) is 12.0 Å². The van der Waals surface area contributed by atoms with Crippen molar-refractivity contribution in [3.8, 4) is 11.6 Å². The number of pyridine rings is 1. The Morgan fingerprint density at radius 3 is 2.77 bits per heavy atom. The summed E-state index contributed by atoms with van der Waals surface area (Å²) >= 11 is 0. The van der Waals surface area contributed by atoms with Crippen molar-refractivity contribution in [1.82, 2.24) is 24.4 Å². The molecule has 0 aromatic carbocycles. The van der Waals surface area contributed by atoms with Crippen LogP contribution in [-0.2, 0) is 4.74 Å². The van der Waals surface area contributed by atoms with Crippen molar-refractivity contribution < 1.29 is 14.3 Å². The number of hydrogen-bond donors (Lipinski definition) is 0. The summed E-state index contributed by atoms with van der Waals surface area (Å²) in [6.07, 6.45) is 9.95. The number of fused-ring (bicyclic) bond motifs is 1. The molecule has 1 aliphatic heterocycles. The zero-order chi connectivity index (χ0) is 21.6. The van der Waals surface area contributed by atoms with E-state index in [4.69, 9.17) is 9.47 Å². The average Bonchev–Trinajstić information content (AvgIpc) is 3.23. The highest BCUT2D eigenvalue weighted by molar-refractivity contribution is 5.81. The van der Waals surface area contributed by atoms with Gasteiger partial charge in [-0.15, -0.1) is 0 Å². The molecule has 164 valence electrons. The predicted octanol–water partition coefficient (Wildman–Crippen LogP) is 4.89. The van der Waals surface area contributed by atoms with Gasteiger partial charge in [-0.3, -0.25) is 4.98 Å². The second-order valence-corrected chi connectivity index (χ2v) is 7.87. The smallest absolute Gasteiger partial charge is 0.409 e. The van der Waals surface area contributed by atoms with Gasteiger partial charge < -0.3 is 18.9 Å². The first kappa shape index (κ1) is 21.1. The molecule has 3 aromatic heterocycles. The van der Waals surface area contributed by atoms with E-state index < -0.39 is 0 Å². The van der Waals surface area contributed by atoms with E-state index >= 15 is 0 Å². The number of amides is 1. The molecule has 8 heteroatoms. The first-order valence-electron chi connectivity index (χ1n) is 11.0. The molecule has 0 unspecified atom stereocenters. The Morgan fingerprint density at radius 2 is 2.00 bits per heavy atom. The van der Waals surface area contributed by atoms with Crippen LogP contribution in [0.3, 0.4) is 0 Å². The molecule has 0 aliphatic carbocycles. The fourth-order valence-electron chi connectivity index (χ4n) is 3.93. The van der Waals surface area contributed by atoms with Crippen LogP contribution < -0.4 is 4.74 Å². The number of likely N-dealkylation sites (tertiary alicyclic amines) is 1. The van der Waals surface area contributed by atoms with Crippen molar-refractivity contribution in [3.63, 3.8) is 0 Å². The molecule has 0 saturated carbocycles. The molecule has 4 heterocycles. The fourth-order valence-corrected chi connectivity index (χ4v) is 3.93. The van der Waals surface area contributed by atoms with Crippen LogP contribution in [0.1, 0.15) is 50.8 Å². The molecular formula is C23H29N5O3. The van der Waals surface area contributed by atoms with Gasteiger partial charge in [0.15, 0.2) is 5.75 Å².